The summed E-state index contributed by atoms with van der Waals surface area (Å²) in [6.07, 6.45) is -0.900. The number of ether oxygens (including phenoxy) is 1. The lowest BCUT2D eigenvalue weighted by Gasteiger charge is -2.13. The molecule has 0 amide bonds. The lowest BCUT2D eigenvalue weighted by atomic mass is 10.1. The highest BCUT2D eigenvalue weighted by Gasteiger charge is 2.19. The van der Waals surface area contributed by atoms with E-state index in [9.17, 15) is 20.0 Å². The van der Waals surface area contributed by atoms with Crippen LogP contribution in [0.2, 0.25) is 0 Å². The van der Waals surface area contributed by atoms with Crippen LogP contribution in [0, 0.1) is 17.0 Å². The molecule has 0 bridgehead atoms. The van der Waals surface area contributed by atoms with Gasteiger partial charge in [0.1, 0.15) is 12.7 Å². The Kier molecular flexibility index (Phi) is 5.08. The fourth-order valence-corrected chi connectivity index (χ4v) is 2.05. The Balaban J connectivity index is 2.14. The SMILES string of the molecule is CC(=O)c1ccc(OCC(O)c2ccc(C)cc2)c([N+](=O)[O-])c1. The van der Waals surface area contributed by atoms with E-state index in [0.717, 1.165) is 5.56 Å². The van der Waals surface area contributed by atoms with E-state index < -0.39 is 11.0 Å². The minimum atomic E-state index is -0.900. The van der Waals surface area contributed by atoms with E-state index in [-0.39, 0.29) is 29.4 Å². The smallest absolute Gasteiger partial charge is 0.311 e. The van der Waals surface area contributed by atoms with Crippen molar-refractivity contribution in [3.8, 4) is 5.75 Å². The average Bonchev–Trinajstić information content (AvgIpc) is 2.52. The summed E-state index contributed by atoms with van der Waals surface area (Å²) in [6.45, 7) is 3.15. The maximum atomic E-state index is 11.3. The van der Waals surface area contributed by atoms with Gasteiger partial charge in [-0.2, -0.15) is 0 Å². The van der Waals surface area contributed by atoms with Gasteiger partial charge < -0.3 is 9.84 Å². The Morgan fingerprint density at radius 3 is 2.48 bits per heavy atom. The van der Waals surface area contributed by atoms with Gasteiger partial charge in [-0.05, 0) is 31.5 Å². The van der Waals surface area contributed by atoms with Crippen LogP contribution >= 0.6 is 0 Å². The zero-order valence-electron chi connectivity index (χ0n) is 12.9. The van der Waals surface area contributed by atoms with Crippen LogP contribution in [0.25, 0.3) is 0 Å². The highest BCUT2D eigenvalue weighted by Crippen LogP contribution is 2.29. The van der Waals surface area contributed by atoms with Gasteiger partial charge in [0, 0.05) is 11.6 Å². The normalized spacial score (nSPS) is 11.8. The molecule has 0 aromatic heterocycles. The van der Waals surface area contributed by atoms with Crippen LogP contribution in [-0.2, 0) is 0 Å². The second kappa shape index (κ2) is 7.02. The summed E-state index contributed by atoms with van der Waals surface area (Å²) >= 11 is 0. The number of aliphatic hydroxyl groups is 1. The van der Waals surface area contributed by atoms with Gasteiger partial charge in [0.2, 0.25) is 0 Å². The van der Waals surface area contributed by atoms with Crippen LogP contribution in [0.1, 0.15) is 34.5 Å². The first kappa shape index (κ1) is 16.6. The zero-order chi connectivity index (χ0) is 17.0. The molecular weight excluding hydrogens is 298 g/mol. The Labute approximate surface area is 133 Å². The maximum Gasteiger partial charge on any atom is 0.311 e. The highest BCUT2D eigenvalue weighted by molar-refractivity contribution is 5.95. The van der Waals surface area contributed by atoms with Crippen molar-refractivity contribution in [1.82, 2.24) is 0 Å². The van der Waals surface area contributed by atoms with Crippen LogP contribution in [0.4, 0.5) is 5.69 Å². The van der Waals surface area contributed by atoms with Gasteiger partial charge >= 0.3 is 5.69 Å². The molecule has 1 N–H and O–H groups in total. The maximum absolute atomic E-state index is 11.3. The number of benzene rings is 2. The van der Waals surface area contributed by atoms with Crippen LogP contribution in [0.5, 0.6) is 5.75 Å². The summed E-state index contributed by atoms with van der Waals surface area (Å²) in [4.78, 5) is 21.8. The fraction of sp³-hybridized carbons (Fsp3) is 0.235. The molecule has 0 heterocycles. The number of Topliss-reactive ketones (excluding diaryl/α,β-unsaturated/α-hetero) is 1. The molecule has 1 atom stereocenters. The van der Waals surface area contributed by atoms with Crippen molar-refractivity contribution in [1.29, 1.82) is 0 Å². The predicted octanol–water partition coefficient (Wildman–Crippen LogP) is 3.22. The second-order valence-electron chi connectivity index (χ2n) is 5.23. The number of aryl methyl sites for hydroxylation is 1. The molecule has 23 heavy (non-hydrogen) atoms. The average molecular weight is 315 g/mol. The molecule has 6 nitrogen and oxygen atoms in total. The molecule has 0 aliphatic rings. The molecule has 0 saturated heterocycles. The quantitative estimate of drug-likeness (QED) is 0.502. The standard InChI is InChI=1S/C17H17NO5/c1-11-3-5-13(6-4-11)16(20)10-23-17-8-7-14(12(2)19)9-15(17)18(21)22/h3-9,16,20H,10H2,1-2H3. The molecule has 2 aromatic rings. The molecule has 0 spiro atoms. The van der Waals surface area contributed by atoms with E-state index in [1.165, 1.54) is 25.1 Å². The number of nitro groups is 1. The Hall–Kier alpha value is -2.73. The van der Waals surface area contributed by atoms with E-state index in [4.69, 9.17) is 4.74 Å². The molecule has 0 aliphatic heterocycles. The lowest BCUT2D eigenvalue weighted by molar-refractivity contribution is -0.386. The van der Waals surface area contributed by atoms with Crippen molar-refractivity contribution < 1.29 is 19.6 Å². The summed E-state index contributed by atoms with van der Waals surface area (Å²) in [5.41, 5.74) is 1.67. The van der Waals surface area contributed by atoms with Crippen LogP contribution < -0.4 is 4.74 Å². The van der Waals surface area contributed by atoms with Crippen molar-refractivity contribution in [3.05, 3.63) is 69.3 Å². The first-order valence-electron chi connectivity index (χ1n) is 7.05. The highest BCUT2D eigenvalue weighted by atomic mass is 16.6. The monoisotopic (exact) mass is 315 g/mol. The van der Waals surface area contributed by atoms with E-state index in [1.54, 1.807) is 12.1 Å². The first-order valence-corrected chi connectivity index (χ1v) is 7.05. The summed E-state index contributed by atoms with van der Waals surface area (Å²) < 4.78 is 5.38. The molecule has 2 aromatic carbocycles. The molecule has 0 radical (unpaired) electrons. The zero-order valence-corrected chi connectivity index (χ0v) is 12.9. The van der Waals surface area contributed by atoms with Crippen molar-refractivity contribution in [3.63, 3.8) is 0 Å². The summed E-state index contributed by atoms with van der Waals surface area (Å²) in [5.74, 6) is -0.245. The number of hydrogen-bond acceptors (Lipinski definition) is 5. The van der Waals surface area contributed by atoms with Crippen LogP contribution in [0.15, 0.2) is 42.5 Å². The van der Waals surface area contributed by atoms with Gasteiger partial charge in [0.25, 0.3) is 0 Å². The molecule has 0 saturated carbocycles. The number of carbonyl (C=O) groups is 1. The third-order valence-electron chi connectivity index (χ3n) is 3.42. The number of nitro benzene ring substituents is 1. The number of hydrogen-bond donors (Lipinski definition) is 1. The molecule has 2 rings (SSSR count). The van der Waals surface area contributed by atoms with E-state index in [1.807, 2.05) is 19.1 Å². The van der Waals surface area contributed by atoms with Crippen LogP contribution in [0.3, 0.4) is 0 Å². The third-order valence-corrected chi connectivity index (χ3v) is 3.42. The van der Waals surface area contributed by atoms with Crippen molar-refractivity contribution in [2.75, 3.05) is 6.61 Å². The van der Waals surface area contributed by atoms with Crippen molar-refractivity contribution >= 4 is 11.5 Å². The minimum Gasteiger partial charge on any atom is -0.484 e. The third kappa shape index (κ3) is 4.14. The largest absolute Gasteiger partial charge is 0.484 e. The Morgan fingerprint density at radius 2 is 1.91 bits per heavy atom. The fourth-order valence-electron chi connectivity index (χ4n) is 2.05. The molecule has 0 fully saturated rings. The topological polar surface area (TPSA) is 89.7 Å². The van der Waals surface area contributed by atoms with Gasteiger partial charge in [-0.1, -0.05) is 29.8 Å². The number of nitrogens with zero attached hydrogens (tertiary/aromatic N) is 1. The number of rotatable bonds is 6. The van der Waals surface area contributed by atoms with Gasteiger partial charge in [-0.25, -0.2) is 0 Å². The van der Waals surface area contributed by atoms with Crippen LogP contribution in [-0.4, -0.2) is 22.4 Å². The van der Waals surface area contributed by atoms with Crippen molar-refractivity contribution in [2.45, 2.75) is 20.0 Å². The summed E-state index contributed by atoms with van der Waals surface area (Å²) in [5, 5.41) is 21.2. The van der Waals surface area contributed by atoms with Gasteiger partial charge in [0.05, 0.1) is 4.92 Å². The van der Waals surface area contributed by atoms with Gasteiger partial charge in [0.15, 0.2) is 11.5 Å². The first-order chi connectivity index (χ1) is 10.9. The second-order valence-corrected chi connectivity index (χ2v) is 5.23. The van der Waals surface area contributed by atoms with Gasteiger partial charge in [-0.15, -0.1) is 0 Å². The van der Waals surface area contributed by atoms with E-state index >= 15 is 0 Å². The molecule has 120 valence electrons. The lowest BCUT2D eigenvalue weighted by Crippen LogP contribution is -2.11. The number of carbonyl (C=O) groups excluding carboxylic acids is 1. The van der Waals surface area contributed by atoms with E-state index in [2.05, 4.69) is 0 Å². The van der Waals surface area contributed by atoms with Gasteiger partial charge in [-0.3, -0.25) is 14.9 Å². The Bertz CT molecular complexity index is 724. The minimum absolute atomic E-state index is 0.0196. The summed E-state index contributed by atoms with van der Waals surface area (Å²) in [6, 6.07) is 11.3. The molecule has 1 unspecified atom stereocenters. The van der Waals surface area contributed by atoms with E-state index in [0.29, 0.717) is 5.56 Å². The van der Waals surface area contributed by atoms with Crippen molar-refractivity contribution in [2.24, 2.45) is 0 Å². The number of ketones is 1. The summed E-state index contributed by atoms with van der Waals surface area (Å²) in [7, 11) is 0. The molecule has 0 aliphatic carbocycles. The predicted molar refractivity (Wildman–Crippen MR) is 84.7 cm³/mol. The molecule has 6 heteroatoms. The number of aliphatic hydroxyl groups excluding tert-OH is 1. The molecular formula is C17H17NO5. The Morgan fingerprint density at radius 1 is 1.26 bits per heavy atom.